The molecular weight excluding hydrogens is 373 g/mol. The number of nitrogens with one attached hydrogen (secondary N) is 2. The Bertz CT molecular complexity index is 1020. The standard InChI is InChI=1S/C21H24FN5O2/c1-26(2)14-12-24-21(29)19-25-18(17-9-5-6-13-27(17)19)20(28)23-11-10-15-7-3-4-8-16(15)22/h3-9,13H,10-12,14H2,1-2H3,(H,23,28)(H,24,29). The molecule has 0 aliphatic carbocycles. The van der Waals surface area contributed by atoms with Crippen LogP contribution in [0, 0.1) is 5.82 Å². The van der Waals surface area contributed by atoms with Crippen molar-refractivity contribution in [3.8, 4) is 0 Å². The van der Waals surface area contributed by atoms with Gasteiger partial charge >= 0.3 is 0 Å². The lowest BCUT2D eigenvalue weighted by Gasteiger charge is -2.09. The van der Waals surface area contributed by atoms with E-state index in [2.05, 4.69) is 15.6 Å². The second-order valence-corrected chi connectivity index (χ2v) is 6.90. The fourth-order valence-electron chi connectivity index (χ4n) is 2.93. The number of amides is 2. The molecule has 0 bridgehead atoms. The van der Waals surface area contributed by atoms with Crippen LogP contribution in [0.1, 0.15) is 26.7 Å². The summed E-state index contributed by atoms with van der Waals surface area (Å²) in [6, 6.07) is 11.7. The minimum Gasteiger partial charge on any atom is -0.350 e. The molecule has 0 atom stereocenters. The molecule has 1 aromatic carbocycles. The Balaban J connectivity index is 1.72. The monoisotopic (exact) mass is 397 g/mol. The van der Waals surface area contributed by atoms with Crippen molar-refractivity contribution in [2.24, 2.45) is 0 Å². The van der Waals surface area contributed by atoms with Gasteiger partial charge in [0.05, 0.1) is 5.52 Å². The zero-order chi connectivity index (χ0) is 20.8. The van der Waals surface area contributed by atoms with Crippen LogP contribution in [0.25, 0.3) is 5.52 Å². The van der Waals surface area contributed by atoms with Gasteiger partial charge in [0.2, 0.25) is 5.82 Å². The van der Waals surface area contributed by atoms with E-state index in [0.29, 0.717) is 30.6 Å². The Morgan fingerprint density at radius 1 is 1.03 bits per heavy atom. The Morgan fingerprint density at radius 3 is 2.52 bits per heavy atom. The van der Waals surface area contributed by atoms with Crippen molar-refractivity contribution in [1.29, 1.82) is 0 Å². The maximum atomic E-state index is 13.7. The molecule has 0 fully saturated rings. The van der Waals surface area contributed by atoms with Gasteiger partial charge in [0, 0.05) is 25.8 Å². The van der Waals surface area contributed by atoms with Gasteiger partial charge < -0.3 is 15.5 Å². The summed E-state index contributed by atoms with van der Waals surface area (Å²) in [5, 5.41) is 5.57. The number of imidazole rings is 1. The van der Waals surface area contributed by atoms with Gasteiger partial charge in [0.1, 0.15) is 5.82 Å². The van der Waals surface area contributed by atoms with Gasteiger partial charge in [0.15, 0.2) is 5.69 Å². The lowest BCUT2D eigenvalue weighted by molar-refractivity contribution is 0.0940. The number of fused-ring (bicyclic) bond motifs is 1. The van der Waals surface area contributed by atoms with E-state index < -0.39 is 5.91 Å². The van der Waals surface area contributed by atoms with E-state index in [4.69, 9.17) is 0 Å². The van der Waals surface area contributed by atoms with Crippen LogP contribution in [0.2, 0.25) is 0 Å². The van der Waals surface area contributed by atoms with Gasteiger partial charge in [-0.3, -0.25) is 14.0 Å². The quantitative estimate of drug-likeness (QED) is 0.607. The van der Waals surface area contributed by atoms with Crippen molar-refractivity contribution in [3.63, 3.8) is 0 Å². The van der Waals surface area contributed by atoms with Gasteiger partial charge in [-0.05, 0) is 44.3 Å². The van der Waals surface area contributed by atoms with Gasteiger partial charge in [-0.25, -0.2) is 9.37 Å². The average molecular weight is 397 g/mol. The number of likely N-dealkylation sites (N-methyl/N-ethyl adjacent to an activating group) is 1. The molecule has 2 N–H and O–H groups in total. The highest BCUT2D eigenvalue weighted by Crippen LogP contribution is 2.13. The first-order chi connectivity index (χ1) is 14.0. The molecule has 8 heteroatoms. The first-order valence-corrected chi connectivity index (χ1v) is 9.39. The number of carbonyl (C=O) groups excluding carboxylic acids is 2. The van der Waals surface area contributed by atoms with Crippen LogP contribution < -0.4 is 10.6 Å². The molecule has 0 unspecified atom stereocenters. The number of aromatic nitrogens is 2. The fraction of sp³-hybridized carbons (Fsp3) is 0.286. The molecule has 0 radical (unpaired) electrons. The van der Waals surface area contributed by atoms with Crippen LogP contribution in [0.15, 0.2) is 48.7 Å². The number of rotatable bonds is 8. The Hall–Kier alpha value is -3.26. The number of carbonyl (C=O) groups is 2. The molecule has 0 aliphatic rings. The lowest BCUT2D eigenvalue weighted by Crippen LogP contribution is -2.32. The molecule has 0 aliphatic heterocycles. The van der Waals surface area contributed by atoms with Crippen molar-refractivity contribution >= 4 is 17.3 Å². The Morgan fingerprint density at radius 2 is 1.76 bits per heavy atom. The first kappa shape index (κ1) is 20.5. The summed E-state index contributed by atoms with van der Waals surface area (Å²) in [5.74, 6) is -0.902. The summed E-state index contributed by atoms with van der Waals surface area (Å²) in [5.41, 5.74) is 1.23. The topological polar surface area (TPSA) is 78.7 Å². The predicted octanol–water partition coefficient (Wildman–Crippen LogP) is 1.74. The van der Waals surface area contributed by atoms with E-state index in [0.717, 1.165) is 0 Å². The smallest absolute Gasteiger partial charge is 0.287 e. The predicted molar refractivity (Wildman–Crippen MR) is 109 cm³/mol. The third-order valence-corrected chi connectivity index (χ3v) is 4.45. The van der Waals surface area contributed by atoms with Gasteiger partial charge in [-0.2, -0.15) is 0 Å². The average Bonchev–Trinajstić information content (AvgIpc) is 3.09. The van der Waals surface area contributed by atoms with Crippen LogP contribution >= 0.6 is 0 Å². The van der Waals surface area contributed by atoms with Crippen LogP contribution in [-0.4, -0.2) is 59.8 Å². The zero-order valence-corrected chi connectivity index (χ0v) is 16.5. The molecule has 0 saturated heterocycles. The van der Waals surface area contributed by atoms with Gasteiger partial charge in [-0.15, -0.1) is 0 Å². The molecule has 3 aromatic rings. The zero-order valence-electron chi connectivity index (χ0n) is 16.5. The molecule has 2 aromatic heterocycles. The first-order valence-electron chi connectivity index (χ1n) is 9.39. The van der Waals surface area contributed by atoms with Crippen molar-refractivity contribution in [2.75, 3.05) is 33.7 Å². The van der Waals surface area contributed by atoms with Crippen molar-refractivity contribution in [3.05, 3.63) is 71.6 Å². The molecule has 2 heterocycles. The molecule has 2 amide bonds. The molecule has 0 spiro atoms. The highest BCUT2D eigenvalue weighted by molar-refractivity contribution is 6.02. The molecule has 0 saturated carbocycles. The SMILES string of the molecule is CN(C)CCNC(=O)c1nc(C(=O)NCCc2ccccc2F)c2ccccn12. The highest BCUT2D eigenvalue weighted by Gasteiger charge is 2.21. The summed E-state index contributed by atoms with van der Waals surface area (Å²) in [6.45, 7) is 1.42. The van der Waals surface area contributed by atoms with E-state index in [1.165, 1.54) is 6.07 Å². The van der Waals surface area contributed by atoms with Crippen molar-refractivity contribution < 1.29 is 14.0 Å². The van der Waals surface area contributed by atoms with E-state index >= 15 is 0 Å². The molecular formula is C21H24FN5O2. The van der Waals surface area contributed by atoms with Crippen LogP contribution in [0.5, 0.6) is 0 Å². The maximum absolute atomic E-state index is 13.7. The number of pyridine rings is 1. The van der Waals surface area contributed by atoms with Crippen LogP contribution in [-0.2, 0) is 6.42 Å². The van der Waals surface area contributed by atoms with E-state index in [9.17, 15) is 14.0 Å². The maximum Gasteiger partial charge on any atom is 0.287 e. The van der Waals surface area contributed by atoms with Crippen molar-refractivity contribution in [2.45, 2.75) is 6.42 Å². The largest absolute Gasteiger partial charge is 0.350 e. The molecule has 29 heavy (non-hydrogen) atoms. The second-order valence-electron chi connectivity index (χ2n) is 6.90. The Labute approximate surface area is 168 Å². The number of halogens is 1. The number of hydrogen-bond acceptors (Lipinski definition) is 4. The summed E-state index contributed by atoms with van der Waals surface area (Å²) in [4.78, 5) is 31.4. The number of benzene rings is 1. The summed E-state index contributed by atoms with van der Waals surface area (Å²) >= 11 is 0. The molecule has 152 valence electrons. The minimum atomic E-state index is -0.405. The third-order valence-electron chi connectivity index (χ3n) is 4.45. The fourth-order valence-corrected chi connectivity index (χ4v) is 2.93. The Kier molecular flexibility index (Phi) is 6.56. The summed E-state index contributed by atoms with van der Waals surface area (Å²) < 4.78 is 15.3. The summed E-state index contributed by atoms with van der Waals surface area (Å²) in [6.07, 6.45) is 2.06. The number of nitrogens with zero attached hydrogens (tertiary/aromatic N) is 3. The van der Waals surface area contributed by atoms with Crippen LogP contribution in [0.4, 0.5) is 4.39 Å². The van der Waals surface area contributed by atoms with Gasteiger partial charge in [0.25, 0.3) is 11.8 Å². The highest BCUT2D eigenvalue weighted by atomic mass is 19.1. The van der Waals surface area contributed by atoms with Crippen LogP contribution in [0.3, 0.4) is 0 Å². The minimum absolute atomic E-state index is 0.151. The molecule has 7 nitrogen and oxygen atoms in total. The summed E-state index contributed by atoms with van der Waals surface area (Å²) in [7, 11) is 3.83. The normalized spacial score (nSPS) is 11.0. The lowest BCUT2D eigenvalue weighted by atomic mass is 10.1. The third kappa shape index (κ3) is 4.97. The molecule has 3 rings (SSSR count). The van der Waals surface area contributed by atoms with E-state index in [-0.39, 0.29) is 29.8 Å². The second kappa shape index (κ2) is 9.29. The van der Waals surface area contributed by atoms with E-state index in [1.54, 1.807) is 47.0 Å². The van der Waals surface area contributed by atoms with Gasteiger partial charge in [-0.1, -0.05) is 24.3 Å². The van der Waals surface area contributed by atoms with E-state index in [1.807, 2.05) is 19.0 Å². The van der Waals surface area contributed by atoms with Crippen molar-refractivity contribution in [1.82, 2.24) is 24.9 Å². The number of hydrogen-bond donors (Lipinski definition) is 2.